The Labute approximate surface area is 190 Å². The van der Waals surface area contributed by atoms with Gasteiger partial charge in [-0.2, -0.15) is 0 Å². The normalized spacial score (nSPS) is 15.8. The monoisotopic (exact) mass is 457 g/mol. The summed E-state index contributed by atoms with van der Waals surface area (Å²) in [4.78, 5) is 17.4. The van der Waals surface area contributed by atoms with E-state index in [0.29, 0.717) is 39.2 Å². The second kappa shape index (κ2) is 10.1. The number of methoxy groups -OCH3 is 5. The van der Waals surface area contributed by atoms with E-state index in [1.807, 2.05) is 0 Å². The molecule has 0 radical (unpaired) electrons. The predicted molar refractivity (Wildman–Crippen MR) is 123 cm³/mol. The summed E-state index contributed by atoms with van der Waals surface area (Å²) in [6, 6.07) is 10.4. The van der Waals surface area contributed by atoms with E-state index in [2.05, 4.69) is 4.99 Å². The molecule has 0 saturated heterocycles. The zero-order valence-corrected chi connectivity index (χ0v) is 19.1. The third-order valence-electron chi connectivity index (χ3n) is 4.60. The smallest absolute Gasteiger partial charge is 0.344 e. The van der Waals surface area contributed by atoms with Crippen LogP contribution in [0, 0.1) is 0 Å². The molecule has 0 bridgehead atoms. The molecule has 1 N–H and O–H groups in total. The number of nitrogens with zero attached hydrogens (tertiary/aromatic N) is 1. The van der Waals surface area contributed by atoms with Crippen molar-refractivity contribution in [3.63, 3.8) is 0 Å². The van der Waals surface area contributed by atoms with Gasteiger partial charge in [-0.15, -0.1) is 0 Å². The Balaban J connectivity index is 2.09. The van der Waals surface area contributed by atoms with E-state index < -0.39 is 5.97 Å². The zero-order valence-electron chi connectivity index (χ0n) is 18.3. The zero-order chi connectivity index (χ0) is 23.3. The SMILES string of the molecule is COC(=O)C1=C(O)/C(=C\c2cc(OC)ccc2OC)SC1=Nc1ccc(OC)c(OC)c1. The van der Waals surface area contributed by atoms with Gasteiger partial charge in [0.05, 0.1) is 46.1 Å². The van der Waals surface area contributed by atoms with Crippen molar-refractivity contribution in [2.45, 2.75) is 0 Å². The lowest BCUT2D eigenvalue weighted by molar-refractivity contribution is -0.135. The lowest BCUT2D eigenvalue weighted by atomic mass is 10.1. The second-order valence-corrected chi connectivity index (χ2v) is 7.42. The molecule has 0 spiro atoms. The van der Waals surface area contributed by atoms with Crippen LogP contribution in [0.25, 0.3) is 6.08 Å². The van der Waals surface area contributed by atoms with Crippen LogP contribution in [-0.4, -0.2) is 51.7 Å². The molecule has 3 rings (SSSR count). The fraction of sp³-hybridized carbons (Fsp3) is 0.217. The number of rotatable bonds is 7. The van der Waals surface area contributed by atoms with Gasteiger partial charge < -0.3 is 28.8 Å². The van der Waals surface area contributed by atoms with Crippen LogP contribution < -0.4 is 18.9 Å². The molecule has 0 fully saturated rings. The van der Waals surface area contributed by atoms with Crippen LogP contribution in [0.5, 0.6) is 23.0 Å². The maximum absolute atomic E-state index is 12.4. The van der Waals surface area contributed by atoms with E-state index in [4.69, 9.17) is 23.7 Å². The van der Waals surface area contributed by atoms with Gasteiger partial charge in [-0.1, -0.05) is 11.8 Å². The summed E-state index contributed by atoms with van der Waals surface area (Å²) in [5.74, 6) is 1.31. The number of benzene rings is 2. The van der Waals surface area contributed by atoms with Crippen LogP contribution in [0.3, 0.4) is 0 Å². The molecule has 1 aliphatic rings. The van der Waals surface area contributed by atoms with Crippen LogP contribution in [0.4, 0.5) is 5.69 Å². The van der Waals surface area contributed by atoms with Gasteiger partial charge in [0.15, 0.2) is 11.5 Å². The number of hydrogen-bond donors (Lipinski definition) is 1. The van der Waals surface area contributed by atoms with Crippen LogP contribution in [0.2, 0.25) is 0 Å². The minimum atomic E-state index is -0.699. The van der Waals surface area contributed by atoms with Gasteiger partial charge in [-0.05, 0) is 36.4 Å². The average Bonchev–Trinajstić information content (AvgIpc) is 3.12. The number of aliphatic imine (C=N–C) groups is 1. The van der Waals surface area contributed by atoms with Gasteiger partial charge in [-0.25, -0.2) is 9.79 Å². The van der Waals surface area contributed by atoms with E-state index in [1.54, 1.807) is 56.7 Å². The van der Waals surface area contributed by atoms with Crippen molar-refractivity contribution in [3.8, 4) is 23.0 Å². The highest BCUT2D eigenvalue weighted by Gasteiger charge is 2.33. The van der Waals surface area contributed by atoms with Gasteiger partial charge >= 0.3 is 5.97 Å². The van der Waals surface area contributed by atoms with E-state index in [0.717, 1.165) is 11.8 Å². The molecule has 2 aromatic rings. The van der Waals surface area contributed by atoms with Crippen molar-refractivity contribution in [2.24, 2.45) is 4.99 Å². The van der Waals surface area contributed by atoms with Gasteiger partial charge in [-0.3, -0.25) is 0 Å². The number of carbonyl (C=O) groups is 1. The highest BCUT2D eigenvalue weighted by atomic mass is 32.2. The van der Waals surface area contributed by atoms with E-state index in [9.17, 15) is 9.90 Å². The van der Waals surface area contributed by atoms with Gasteiger partial charge in [0.1, 0.15) is 27.9 Å². The molecule has 32 heavy (non-hydrogen) atoms. The molecule has 0 atom stereocenters. The van der Waals surface area contributed by atoms with Gasteiger partial charge in [0, 0.05) is 11.6 Å². The van der Waals surface area contributed by atoms with Gasteiger partial charge in [0.2, 0.25) is 0 Å². The molecule has 0 aliphatic carbocycles. The first-order valence-corrected chi connectivity index (χ1v) is 10.2. The van der Waals surface area contributed by atoms with Crippen LogP contribution in [0.15, 0.2) is 57.6 Å². The first-order chi connectivity index (χ1) is 15.4. The van der Waals surface area contributed by atoms with Gasteiger partial charge in [0.25, 0.3) is 0 Å². The number of esters is 1. The van der Waals surface area contributed by atoms with Crippen LogP contribution in [0.1, 0.15) is 5.56 Å². The average molecular weight is 458 g/mol. The summed E-state index contributed by atoms with van der Waals surface area (Å²) in [7, 11) is 7.41. The molecule has 0 saturated carbocycles. The third-order valence-corrected chi connectivity index (χ3v) is 5.62. The van der Waals surface area contributed by atoms with Crippen molar-refractivity contribution in [2.75, 3.05) is 35.5 Å². The van der Waals surface area contributed by atoms with E-state index >= 15 is 0 Å². The molecule has 9 heteroatoms. The Bertz CT molecular complexity index is 1120. The number of thioether (sulfide) groups is 1. The minimum absolute atomic E-state index is 0.0274. The lowest BCUT2D eigenvalue weighted by Gasteiger charge is -2.08. The predicted octanol–water partition coefficient (Wildman–Crippen LogP) is 4.52. The molecule has 2 aromatic carbocycles. The fourth-order valence-electron chi connectivity index (χ4n) is 3.00. The maximum Gasteiger partial charge on any atom is 0.344 e. The Morgan fingerprint density at radius 2 is 1.59 bits per heavy atom. The summed E-state index contributed by atoms with van der Waals surface area (Å²) in [6.07, 6.45) is 1.70. The summed E-state index contributed by atoms with van der Waals surface area (Å²) < 4.78 is 26.1. The Morgan fingerprint density at radius 1 is 0.906 bits per heavy atom. The molecular weight excluding hydrogens is 434 g/mol. The second-order valence-electron chi connectivity index (χ2n) is 6.39. The Kier molecular flexibility index (Phi) is 7.32. The first kappa shape index (κ1) is 23.1. The van der Waals surface area contributed by atoms with Crippen molar-refractivity contribution in [3.05, 3.63) is 58.2 Å². The Morgan fingerprint density at radius 3 is 2.22 bits per heavy atom. The molecular formula is C23H23NO7S. The number of aliphatic hydroxyl groups excluding tert-OH is 1. The van der Waals surface area contributed by atoms with E-state index in [-0.39, 0.29) is 16.4 Å². The number of aliphatic hydroxyl groups is 1. The molecule has 168 valence electrons. The molecule has 0 aromatic heterocycles. The third kappa shape index (κ3) is 4.67. The van der Waals surface area contributed by atoms with Crippen molar-refractivity contribution in [1.82, 2.24) is 0 Å². The number of hydrogen-bond acceptors (Lipinski definition) is 9. The summed E-state index contributed by atoms with van der Waals surface area (Å²) >= 11 is 1.13. The minimum Gasteiger partial charge on any atom is -0.506 e. The van der Waals surface area contributed by atoms with Crippen molar-refractivity contribution < 1.29 is 33.6 Å². The number of ether oxygens (including phenoxy) is 5. The topological polar surface area (TPSA) is 95.8 Å². The number of carbonyl (C=O) groups excluding carboxylic acids is 1. The van der Waals surface area contributed by atoms with Crippen molar-refractivity contribution >= 4 is 34.5 Å². The molecule has 1 aliphatic heterocycles. The highest BCUT2D eigenvalue weighted by molar-refractivity contribution is 8.18. The molecule has 0 unspecified atom stereocenters. The fourth-order valence-corrected chi connectivity index (χ4v) is 4.02. The quantitative estimate of drug-likeness (QED) is 0.606. The van der Waals surface area contributed by atoms with Crippen LogP contribution >= 0.6 is 11.8 Å². The first-order valence-electron chi connectivity index (χ1n) is 9.40. The molecule has 0 amide bonds. The summed E-state index contributed by atoms with van der Waals surface area (Å²) in [6.45, 7) is 0. The molecule has 1 heterocycles. The largest absolute Gasteiger partial charge is 0.506 e. The lowest BCUT2D eigenvalue weighted by Crippen LogP contribution is -2.10. The maximum atomic E-state index is 12.4. The highest BCUT2D eigenvalue weighted by Crippen LogP contribution is 2.42. The van der Waals surface area contributed by atoms with Crippen molar-refractivity contribution in [1.29, 1.82) is 0 Å². The summed E-state index contributed by atoms with van der Waals surface area (Å²) in [5.41, 5.74) is 1.15. The standard InChI is InChI=1S/C23H23NO7S/c1-27-15-7-9-16(28-2)13(10-15)11-19-21(25)20(23(26)31-5)22(32-19)24-14-6-8-17(29-3)18(12-14)30-4/h6-12,25H,1-5H3/b19-11+,24-22?. The van der Waals surface area contributed by atoms with Crippen LogP contribution in [-0.2, 0) is 9.53 Å². The van der Waals surface area contributed by atoms with E-state index in [1.165, 1.54) is 21.3 Å². The summed E-state index contributed by atoms with van der Waals surface area (Å²) in [5, 5.41) is 11.1. The molecule has 8 nitrogen and oxygen atoms in total. The Hall–Kier alpha value is -3.59.